The Balaban J connectivity index is 2.10. The van der Waals surface area contributed by atoms with Crippen molar-refractivity contribution in [1.82, 2.24) is 5.32 Å². The van der Waals surface area contributed by atoms with Gasteiger partial charge in [-0.3, -0.25) is 9.59 Å². The Bertz CT molecular complexity index is 1530. The van der Waals surface area contributed by atoms with Crippen molar-refractivity contribution in [3.05, 3.63) is 75.4 Å². The van der Waals surface area contributed by atoms with Gasteiger partial charge < -0.3 is 19.9 Å². The molecule has 0 saturated heterocycles. The van der Waals surface area contributed by atoms with E-state index in [1.807, 2.05) is 0 Å². The summed E-state index contributed by atoms with van der Waals surface area (Å²) in [6, 6.07) is 7.33. The molecule has 0 aromatic heterocycles. The molecule has 33 heavy (non-hydrogen) atoms. The van der Waals surface area contributed by atoms with E-state index in [9.17, 15) is 33.4 Å². The second-order valence-corrected chi connectivity index (χ2v) is 7.01. The van der Waals surface area contributed by atoms with Gasteiger partial charge in [0.25, 0.3) is 5.91 Å². The highest BCUT2D eigenvalue weighted by Gasteiger charge is 2.25. The molecule has 4 rings (SSSR count). The number of rotatable bonds is 4. The normalized spacial score (nSPS) is 10.8. The highest BCUT2D eigenvalue weighted by atomic mass is 19.1. The zero-order valence-electron chi connectivity index (χ0n) is 16.6. The second-order valence-electron chi connectivity index (χ2n) is 7.01. The summed E-state index contributed by atoms with van der Waals surface area (Å²) >= 11 is 0. The monoisotopic (exact) mass is 449 g/mol. The lowest BCUT2D eigenvalue weighted by Gasteiger charge is -2.17. The highest BCUT2D eigenvalue weighted by Crippen LogP contribution is 2.43. The molecule has 2 aromatic carbocycles. The van der Waals surface area contributed by atoms with Crippen molar-refractivity contribution >= 4 is 22.8 Å². The van der Waals surface area contributed by atoms with Crippen LogP contribution in [0, 0.1) is 24.0 Å². The fourth-order valence-corrected chi connectivity index (χ4v) is 3.50. The first-order chi connectivity index (χ1) is 15.7. The van der Waals surface area contributed by atoms with Crippen LogP contribution in [-0.2, 0) is 0 Å². The molecular formula is C24H13F2NO6. The summed E-state index contributed by atoms with van der Waals surface area (Å²) in [7, 11) is 0. The van der Waals surface area contributed by atoms with Crippen LogP contribution in [0.15, 0.2) is 51.7 Å². The van der Waals surface area contributed by atoms with Crippen molar-refractivity contribution in [1.29, 1.82) is 0 Å². The third-order valence-electron chi connectivity index (χ3n) is 4.97. The van der Waals surface area contributed by atoms with Crippen LogP contribution in [0.2, 0.25) is 0 Å². The number of hydrogen-bond acceptors (Lipinski definition) is 5. The molecule has 164 valence electrons. The van der Waals surface area contributed by atoms with E-state index in [4.69, 9.17) is 10.8 Å². The van der Waals surface area contributed by atoms with Crippen LogP contribution in [0.3, 0.4) is 0 Å². The summed E-state index contributed by atoms with van der Waals surface area (Å²) in [5.41, 5.74) is -1.36. The molecule has 9 heteroatoms. The van der Waals surface area contributed by atoms with E-state index in [2.05, 4.69) is 11.2 Å². The Kier molecular flexibility index (Phi) is 5.27. The number of benzene rings is 3. The van der Waals surface area contributed by atoms with Gasteiger partial charge in [0.05, 0.1) is 12.1 Å². The Hall–Kier alpha value is -4.71. The summed E-state index contributed by atoms with van der Waals surface area (Å²) < 4.78 is 34.0. The Morgan fingerprint density at radius 3 is 2.52 bits per heavy atom. The number of carbonyl (C=O) groups excluding carboxylic acids is 1. The predicted octanol–water partition coefficient (Wildman–Crippen LogP) is 3.61. The number of amides is 1. The maximum atomic E-state index is 14.2. The van der Waals surface area contributed by atoms with E-state index >= 15 is 0 Å². The van der Waals surface area contributed by atoms with Crippen molar-refractivity contribution in [2.75, 3.05) is 6.54 Å². The van der Waals surface area contributed by atoms with Crippen molar-refractivity contribution in [2.24, 2.45) is 0 Å². The first-order valence-corrected chi connectivity index (χ1v) is 9.39. The fraction of sp³-hybridized carbons (Fsp3) is 0.0417. The van der Waals surface area contributed by atoms with Crippen LogP contribution < -0.4 is 10.7 Å². The van der Waals surface area contributed by atoms with E-state index in [0.717, 1.165) is 30.3 Å². The minimum Gasteiger partial charge on any atom is -0.505 e. The van der Waals surface area contributed by atoms with Gasteiger partial charge >= 0.3 is 5.97 Å². The topological polar surface area (TPSA) is 117 Å². The van der Waals surface area contributed by atoms with Crippen molar-refractivity contribution in [3.63, 3.8) is 0 Å². The van der Waals surface area contributed by atoms with Gasteiger partial charge in [0, 0.05) is 34.2 Å². The average Bonchev–Trinajstić information content (AvgIpc) is 2.78. The zero-order valence-corrected chi connectivity index (χ0v) is 16.6. The molecule has 0 fully saturated rings. The molecule has 1 aliphatic carbocycles. The Morgan fingerprint density at radius 2 is 1.82 bits per heavy atom. The molecule has 0 bridgehead atoms. The fourth-order valence-electron chi connectivity index (χ4n) is 3.50. The molecule has 1 aliphatic heterocycles. The van der Waals surface area contributed by atoms with Gasteiger partial charge in [-0.1, -0.05) is 12.0 Å². The van der Waals surface area contributed by atoms with Crippen molar-refractivity contribution in [3.8, 4) is 40.5 Å². The standard InChI is InChI=1S/C24H13F2NO6/c1-2-5-27-23(30)11-3-4-12(13(6-11)24(31)32)22-14-7-16(25)18(28)9-20(14)33-21-10-19(29)17(26)8-15(21)22/h1,3-4,6-10,28H,5H2,(H,27,30)(H,31,32). The lowest BCUT2D eigenvalue weighted by Crippen LogP contribution is -2.23. The zero-order chi connectivity index (χ0) is 23.9. The molecule has 0 radical (unpaired) electrons. The van der Waals surface area contributed by atoms with E-state index < -0.39 is 34.7 Å². The van der Waals surface area contributed by atoms with Gasteiger partial charge in [0.2, 0.25) is 5.43 Å². The number of nitrogens with one attached hydrogen (secondary N) is 1. The van der Waals surface area contributed by atoms with Crippen LogP contribution in [0.1, 0.15) is 20.7 Å². The average molecular weight is 449 g/mol. The molecule has 0 saturated carbocycles. The quantitative estimate of drug-likeness (QED) is 0.324. The van der Waals surface area contributed by atoms with Crippen LogP contribution in [0.5, 0.6) is 5.75 Å². The first kappa shape index (κ1) is 21.5. The smallest absolute Gasteiger partial charge is 0.336 e. The number of terminal acetylenes is 1. The third kappa shape index (κ3) is 3.74. The molecular weight excluding hydrogens is 436 g/mol. The Labute approximate surface area is 184 Å². The number of fused-ring (bicyclic) bond motifs is 2. The summed E-state index contributed by atoms with van der Waals surface area (Å²) in [4.78, 5) is 36.1. The first-order valence-electron chi connectivity index (χ1n) is 9.39. The van der Waals surface area contributed by atoms with Gasteiger partial charge in [-0.15, -0.1) is 6.42 Å². The van der Waals surface area contributed by atoms with Gasteiger partial charge in [0.15, 0.2) is 17.4 Å². The Morgan fingerprint density at radius 1 is 1.06 bits per heavy atom. The van der Waals surface area contributed by atoms with Crippen LogP contribution >= 0.6 is 0 Å². The molecule has 1 heterocycles. The van der Waals surface area contributed by atoms with E-state index in [-0.39, 0.29) is 51.1 Å². The number of aromatic carboxylic acids is 1. The number of phenols is 1. The number of aromatic hydroxyl groups is 1. The number of halogens is 2. The van der Waals surface area contributed by atoms with Crippen LogP contribution in [0.25, 0.3) is 33.4 Å². The third-order valence-corrected chi connectivity index (χ3v) is 4.97. The van der Waals surface area contributed by atoms with Crippen molar-refractivity contribution < 1.29 is 33.0 Å². The predicted molar refractivity (Wildman–Crippen MR) is 114 cm³/mol. The summed E-state index contributed by atoms with van der Waals surface area (Å²) in [5, 5.41) is 22.0. The van der Waals surface area contributed by atoms with Gasteiger partial charge in [-0.05, 0) is 29.8 Å². The number of carbonyl (C=O) groups is 2. The summed E-state index contributed by atoms with van der Waals surface area (Å²) in [5.74, 6) is -2.80. The minimum atomic E-state index is -1.42. The highest BCUT2D eigenvalue weighted by molar-refractivity contribution is 6.09. The van der Waals surface area contributed by atoms with Crippen LogP contribution in [0.4, 0.5) is 8.78 Å². The lowest BCUT2D eigenvalue weighted by molar-refractivity contribution is 0.0697. The number of carboxylic acids is 1. The molecule has 2 aliphatic rings. The van der Waals surface area contributed by atoms with Gasteiger partial charge in [-0.2, -0.15) is 0 Å². The lowest BCUT2D eigenvalue weighted by atomic mass is 9.89. The largest absolute Gasteiger partial charge is 0.505 e. The number of hydrogen-bond donors (Lipinski definition) is 3. The van der Waals surface area contributed by atoms with Crippen LogP contribution in [-0.4, -0.2) is 28.6 Å². The van der Waals surface area contributed by atoms with Gasteiger partial charge in [-0.25, -0.2) is 13.6 Å². The summed E-state index contributed by atoms with van der Waals surface area (Å²) in [6.07, 6.45) is 5.12. The molecule has 2 aromatic rings. The maximum Gasteiger partial charge on any atom is 0.336 e. The second kappa shape index (κ2) is 8.09. The molecule has 7 nitrogen and oxygen atoms in total. The van der Waals surface area contributed by atoms with E-state index in [0.29, 0.717) is 0 Å². The molecule has 0 atom stereocenters. The molecule has 0 unspecified atom stereocenters. The number of phenolic OH excluding ortho intramolecular Hbond substituents is 1. The maximum absolute atomic E-state index is 14.2. The van der Waals surface area contributed by atoms with Crippen molar-refractivity contribution in [2.45, 2.75) is 0 Å². The van der Waals surface area contributed by atoms with E-state index in [1.165, 1.54) is 12.1 Å². The summed E-state index contributed by atoms with van der Waals surface area (Å²) in [6.45, 7) is -0.0714. The SMILES string of the molecule is C#CCNC(=O)c1ccc(-c2c3cc(F)c(=O)cc-3oc3cc(O)c(F)cc23)c(C(=O)O)c1. The molecule has 3 N–H and O–H groups in total. The minimum absolute atomic E-state index is 0.00233. The van der Waals surface area contributed by atoms with E-state index in [1.54, 1.807) is 0 Å². The number of carboxylic acid groups (broad SMARTS) is 1. The molecule has 1 amide bonds. The van der Waals surface area contributed by atoms with Gasteiger partial charge in [0.1, 0.15) is 11.3 Å². The molecule has 0 spiro atoms.